The lowest BCUT2D eigenvalue weighted by atomic mass is 9.97. The Balaban J connectivity index is 1.90. The summed E-state index contributed by atoms with van der Waals surface area (Å²) in [6.45, 7) is 5.40. The molecule has 0 bridgehead atoms. The number of nitrogens with zero attached hydrogens (tertiary/aromatic N) is 1. The first-order valence-corrected chi connectivity index (χ1v) is 7.58. The second-order valence-corrected chi connectivity index (χ2v) is 5.68. The van der Waals surface area contributed by atoms with Crippen molar-refractivity contribution in [3.05, 3.63) is 23.8 Å². The van der Waals surface area contributed by atoms with E-state index in [-0.39, 0.29) is 5.91 Å². The quantitative estimate of drug-likeness (QED) is 0.811. The van der Waals surface area contributed by atoms with Crippen molar-refractivity contribution < 1.29 is 9.53 Å². The zero-order valence-electron chi connectivity index (χ0n) is 12.9. The van der Waals surface area contributed by atoms with Crippen LogP contribution in [0.25, 0.3) is 0 Å². The van der Waals surface area contributed by atoms with Crippen molar-refractivity contribution in [2.45, 2.75) is 19.8 Å². The molecule has 5 nitrogen and oxygen atoms in total. The predicted octanol–water partition coefficient (Wildman–Crippen LogP) is 1.74. The van der Waals surface area contributed by atoms with Crippen LogP contribution in [-0.2, 0) is 0 Å². The normalized spacial score (nSPS) is 16.7. The number of anilines is 1. The van der Waals surface area contributed by atoms with Crippen LogP contribution in [0.1, 0.15) is 30.1 Å². The Morgan fingerprint density at radius 2 is 2.10 bits per heavy atom. The summed E-state index contributed by atoms with van der Waals surface area (Å²) in [5.74, 6) is 1.13. The topological polar surface area (TPSA) is 67.6 Å². The van der Waals surface area contributed by atoms with E-state index in [1.165, 1.54) is 0 Å². The fourth-order valence-electron chi connectivity index (χ4n) is 2.61. The number of hydrogen-bond donors (Lipinski definition) is 2. The van der Waals surface area contributed by atoms with E-state index in [2.05, 4.69) is 17.3 Å². The fourth-order valence-corrected chi connectivity index (χ4v) is 2.61. The number of likely N-dealkylation sites (tertiary alicyclic amines) is 1. The first-order valence-electron chi connectivity index (χ1n) is 7.58. The van der Waals surface area contributed by atoms with Crippen LogP contribution in [0.3, 0.4) is 0 Å². The first-order chi connectivity index (χ1) is 10.1. The minimum absolute atomic E-state index is 0.0813. The van der Waals surface area contributed by atoms with Crippen LogP contribution in [0.2, 0.25) is 0 Å². The van der Waals surface area contributed by atoms with E-state index < -0.39 is 0 Å². The van der Waals surface area contributed by atoms with Crippen LogP contribution in [-0.4, -0.2) is 44.1 Å². The summed E-state index contributed by atoms with van der Waals surface area (Å²) >= 11 is 0. The molecule has 0 spiro atoms. The van der Waals surface area contributed by atoms with Gasteiger partial charge in [-0.25, -0.2) is 0 Å². The van der Waals surface area contributed by atoms with E-state index in [4.69, 9.17) is 10.5 Å². The third-order valence-corrected chi connectivity index (χ3v) is 3.89. The van der Waals surface area contributed by atoms with E-state index >= 15 is 0 Å². The number of piperidine rings is 1. The molecule has 0 radical (unpaired) electrons. The zero-order chi connectivity index (χ0) is 15.2. The monoisotopic (exact) mass is 291 g/mol. The number of carbonyl (C=O) groups excluding carboxylic acids is 1. The van der Waals surface area contributed by atoms with Crippen LogP contribution in [0.15, 0.2) is 18.2 Å². The van der Waals surface area contributed by atoms with Crippen molar-refractivity contribution in [2.24, 2.45) is 5.92 Å². The molecule has 0 saturated carbocycles. The highest BCUT2D eigenvalue weighted by Gasteiger charge is 2.17. The average Bonchev–Trinajstić information content (AvgIpc) is 2.46. The van der Waals surface area contributed by atoms with E-state index in [1.54, 1.807) is 18.2 Å². The Morgan fingerprint density at radius 3 is 2.76 bits per heavy atom. The van der Waals surface area contributed by atoms with Crippen LogP contribution in [0, 0.1) is 5.92 Å². The van der Waals surface area contributed by atoms with Gasteiger partial charge in [0.25, 0.3) is 5.91 Å². The number of amides is 1. The zero-order valence-corrected chi connectivity index (χ0v) is 12.9. The summed E-state index contributed by atoms with van der Waals surface area (Å²) < 4.78 is 5.42. The van der Waals surface area contributed by atoms with Gasteiger partial charge in [-0.15, -0.1) is 0 Å². The van der Waals surface area contributed by atoms with Gasteiger partial charge in [-0.3, -0.25) is 4.79 Å². The molecule has 0 atom stereocenters. The molecule has 0 unspecified atom stereocenters. The van der Waals surface area contributed by atoms with Gasteiger partial charge >= 0.3 is 0 Å². The van der Waals surface area contributed by atoms with Gasteiger partial charge in [-0.05, 0) is 58.0 Å². The van der Waals surface area contributed by atoms with E-state index in [0.717, 1.165) is 32.5 Å². The van der Waals surface area contributed by atoms with Gasteiger partial charge in [0.15, 0.2) is 0 Å². The van der Waals surface area contributed by atoms with Gasteiger partial charge in [0.05, 0.1) is 6.61 Å². The number of nitrogens with two attached hydrogens (primary N) is 1. The number of nitrogen functional groups attached to an aromatic ring is 1. The van der Waals surface area contributed by atoms with E-state index in [1.807, 2.05) is 6.92 Å². The number of nitrogens with one attached hydrogen (secondary N) is 1. The molecule has 0 aliphatic carbocycles. The molecule has 1 saturated heterocycles. The van der Waals surface area contributed by atoms with Gasteiger partial charge < -0.3 is 20.7 Å². The molecule has 1 heterocycles. The Labute approximate surface area is 126 Å². The van der Waals surface area contributed by atoms with Crippen molar-refractivity contribution in [1.82, 2.24) is 10.2 Å². The molecule has 1 aliphatic heterocycles. The second-order valence-electron chi connectivity index (χ2n) is 5.68. The lowest BCUT2D eigenvalue weighted by Crippen LogP contribution is -2.36. The molecule has 1 amide bonds. The molecule has 116 valence electrons. The smallest absolute Gasteiger partial charge is 0.251 e. The number of benzene rings is 1. The molecule has 21 heavy (non-hydrogen) atoms. The second kappa shape index (κ2) is 7.31. The highest BCUT2D eigenvalue weighted by atomic mass is 16.5. The summed E-state index contributed by atoms with van der Waals surface area (Å²) in [6, 6.07) is 5.16. The maximum Gasteiger partial charge on any atom is 0.251 e. The standard InChI is InChI=1S/C16H25N3O2/c1-3-21-15-9-13(8-14(17)10-15)16(20)18-11-12-4-6-19(2)7-5-12/h8-10,12H,3-7,11,17H2,1-2H3,(H,18,20). The summed E-state index contributed by atoms with van der Waals surface area (Å²) in [4.78, 5) is 14.6. The lowest BCUT2D eigenvalue weighted by molar-refractivity contribution is 0.0938. The number of ether oxygens (including phenoxy) is 1. The summed E-state index contributed by atoms with van der Waals surface area (Å²) in [6.07, 6.45) is 2.27. The molecule has 5 heteroatoms. The number of rotatable bonds is 5. The van der Waals surface area contributed by atoms with E-state index in [0.29, 0.717) is 29.5 Å². The molecule has 1 aliphatic rings. The Morgan fingerprint density at radius 1 is 1.38 bits per heavy atom. The molecule has 1 aromatic rings. The highest BCUT2D eigenvalue weighted by molar-refractivity contribution is 5.95. The van der Waals surface area contributed by atoms with Gasteiger partial charge in [0.2, 0.25) is 0 Å². The third kappa shape index (κ3) is 4.63. The molecule has 2 rings (SSSR count). The van der Waals surface area contributed by atoms with Crippen molar-refractivity contribution in [1.29, 1.82) is 0 Å². The fraction of sp³-hybridized carbons (Fsp3) is 0.562. The van der Waals surface area contributed by atoms with Crippen molar-refractivity contribution in [2.75, 3.05) is 39.0 Å². The van der Waals surface area contributed by atoms with Gasteiger partial charge in [0.1, 0.15) is 5.75 Å². The van der Waals surface area contributed by atoms with E-state index in [9.17, 15) is 4.79 Å². The van der Waals surface area contributed by atoms with Gasteiger partial charge in [-0.2, -0.15) is 0 Å². The third-order valence-electron chi connectivity index (χ3n) is 3.89. The maximum absolute atomic E-state index is 12.2. The first kappa shape index (κ1) is 15.6. The largest absolute Gasteiger partial charge is 0.494 e. The predicted molar refractivity (Wildman–Crippen MR) is 84.6 cm³/mol. The minimum atomic E-state index is -0.0813. The number of carbonyl (C=O) groups is 1. The van der Waals surface area contributed by atoms with Crippen LogP contribution in [0.5, 0.6) is 5.75 Å². The van der Waals surface area contributed by atoms with Crippen molar-refractivity contribution >= 4 is 11.6 Å². The molecule has 0 aromatic heterocycles. The van der Waals surface area contributed by atoms with Gasteiger partial charge in [-0.1, -0.05) is 0 Å². The maximum atomic E-state index is 12.2. The minimum Gasteiger partial charge on any atom is -0.494 e. The molecular weight excluding hydrogens is 266 g/mol. The van der Waals surface area contributed by atoms with Crippen LogP contribution in [0.4, 0.5) is 5.69 Å². The summed E-state index contributed by atoms with van der Waals surface area (Å²) in [5.41, 5.74) is 6.92. The molecular formula is C16H25N3O2. The van der Waals surface area contributed by atoms with Crippen molar-refractivity contribution in [3.8, 4) is 5.75 Å². The van der Waals surface area contributed by atoms with Crippen LogP contribution < -0.4 is 15.8 Å². The molecule has 3 N–H and O–H groups in total. The average molecular weight is 291 g/mol. The van der Waals surface area contributed by atoms with Gasteiger partial charge in [0, 0.05) is 23.9 Å². The summed E-state index contributed by atoms with van der Waals surface area (Å²) in [5, 5.41) is 3.01. The highest BCUT2D eigenvalue weighted by Crippen LogP contribution is 2.19. The SMILES string of the molecule is CCOc1cc(N)cc(C(=O)NCC2CCN(C)CC2)c1. The molecule has 1 fully saturated rings. The molecule has 1 aromatic carbocycles. The van der Waals surface area contributed by atoms with Crippen molar-refractivity contribution in [3.63, 3.8) is 0 Å². The van der Waals surface area contributed by atoms with Crippen LogP contribution >= 0.6 is 0 Å². The summed E-state index contributed by atoms with van der Waals surface area (Å²) in [7, 11) is 2.14. The Bertz CT molecular complexity index is 482. The number of hydrogen-bond acceptors (Lipinski definition) is 4. The lowest BCUT2D eigenvalue weighted by Gasteiger charge is -2.28. The Kier molecular flexibility index (Phi) is 5.44. The Hall–Kier alpha value is -1.75.